The Balaban J connectivity index is 1.96. The second-order valence-corrected chi connectivity index (χ2v) is 4.36. The highest BCUT2D eigenvalue weighted by Gasteiger charge is 2.26. The SMILES string of the molecule is COc1ccc2[nH]c(C3CCC(C)O3)nc2n1. The third-order valence-electron chi connectivity index (χ3n) is 3.08. The van der Waals surface area contributed by atoms with Crippen molar-refractivity contribution >= 4 is 11.2 Å². The van der Waals surface area contributed by atoms with Crippen molar-refractivity contribution in [2.24, 2.45) is 0 Å². The first-order valence-corrected chi connectivity index (χ1v) is 5.82. The molecule has 1 N–H and O–H groups in total. The first-order valence-electron chi connectivity index (χ1n) is 5.82. The van der Waals surface area contributed by atoms with E-state index in [0.29, 0.717) is 17.6 Å². The Morgan fingerprint density at radius 3 is 2.94 bits per heavy atom. The number of nitrogens with one attached hydrogen (secondary N) is 1. The van der Waals surface area contributed by atoms with E-state index < -0.39 is 0 Å². The van der Waals surface area contributed by atoms with Crippen LogP contribution in [0.4, 0.5) is 0 Å². The number of nitrogens with zero attached hydrogens (tertiary/aromatic N) is 2. The number of hydrogen-bond donors (Lipinski definition) is 1. The summed E-state index contributed by atoms with van der Waals surface area (Å²) in [6.07, 6.45) is 2.48. The minimum Gasteiger partial charge on any atom is -0.481 e. The summed E-state index contributed by atoms with van der Waals surface area (Å²) in [6.45, 7) is 2.09. The van der Waals surface area contributed by atoms with Crippen molar-refractivity contribution in [3.05, 3.63) is 18.0 Å². The molecular weight excluding hydrogens is 218 g/mol. The molecule has 0 spiro atoms. The summed E-state index contributed by atoms with van der Waals surface area (Å²) < 4.78 is 10.9. The highest BCUT2D eigenvalue weighted by molar-refractivity contribution is 5.71. The Morgan fingerprint density at radius 1 is 1.35 bits per heavy atom. The number of aromatic amines is 1. The zero-order chi connectivity index (χ0) is 11.8. The molecule has 1 fully saturated rings. The van der Waals surface area contributed by atoms with Crippen LogP contribution in [0.5, 0.6) is 5.88 Å². The van der Waals surface area contributed by atoms with Crippen LogP contribution >= 0.6 is 0 Å². The zero-order valence-corrected chi connectivity index (χ0v) is 9.93. The topological polar surface area (TPSA) is 60.0 Å². The summed E-state index contributed by atoms with van der Waals surface area (Å²) >= 11 is 0. The first-order chi connectivity index (χ1) is 8.26. The van der Waals surface area contributed by atoms with E-state index in [1.54, 1.807) is 7.11 Å². The molecule has 90 valence electrons. The van der Waals surface area contributed by atoms with Gasteiger partial charge in [-0.1, -0.05) is 0 Å². The summed E-state index contributed by atoms with van der Waals surface area (Å²) in [4.78, 5) is 12.0. The van der Waals surface area contributed by atoms with Gasteiger partial charge < -0.3 is 14.5 Å². The van der Waals surface area contributed by atoms with Gasteiger partial charge in [-0.05, 0) is 25.8 Å². The maximum atomic E-state index is 5.78. The van der Waals surface area contributed by atoms with Crippen molar-refractivity contribution in [3.8, 4) is 5.88 Å². The third-order valence-corrected chi connectivity index (χ3v) is 3.08. The van der Waals surface area contributed by atoms with Gasteiger partial charge in [0.15, 0.2) is 5.65 Å². The molecule has 17 heavy (non-hydrogen) atoms. The quantitative estimate of drug-likeness (QED) is 0.863. The fourth-order valence-corrected chi connectivity index (χ4v) is 2.16. The molecule has 1 aliphatic rings. The van der Waals surface area contributed by atoms with Crippen LogP contribution < -0.4 is 4.74 Å². The van der Waals surface area contributed by atoms with Crippen molar-refractivity contribution in [2.45, 2.75) is 32.0 Å². The number of methoxy groups -OCH3 is 1. The first kappa shape index (κ1) is 10.5. The molecule has 2 aromatic rings. The van der Waals surface area contributed by atoms with Gasteiger partial charge in [0, 0.05) is 6.07 Å². The molecule has 2 aromatic heterocycles. The number of rotatable bonds is 2. The maximum absolute atomic E-state index is 5.78. The molecule has 5 nitrogen and oxygen atoms in total. The number of fused-ring (bicyclic) bond motifs is 1. The monoisotopic (exact) mass is 233 g/mol. The lowest BCUT2D eigenvalue weighted by Crippen LogP contribution is -2.02. The average Bonchev–Trinajstić information content (AvgIpc) is 2.93. The van der Waals surface area contributed by atoms with Gasteiger partial charge in [0.2, 0.25) is 5.88 Å². The highest BCUT2D eigenvalue weighted by atomic mass is 16.5. The summed E-state index contributed by atoms with van der Waals surface area (Å²) in [7, 11) is 1.60. The number of H-pyrrole nitrogens is 1. The molecule has 5 heteroatoms. The minimum atomic E-state index is 0.0743. The molecule has 0 saturated carbocycles. The van der Waals surface area contributed by atoms with E-state index in [2.05, 4.69) is 21.9 Å². The smallest absolute Gasteiger partial charge is 0.215 e. The number of hydrogen-bond acceptors (Lipinski definition) is 4. The predicted octanol–water partition coefficient (Wildman–Crippen LogP) is 2.21. The molecule has 0 amide bonds. The lowest BCUT2D eigenvalue weighted by Gasteiger charge is -2.06. The largest absolute Gasteiger partial charge is 0.481 e. The Labute approximate surface area is 99.2 Å². The van der Waals surface area contributed by atoms with Crippen molar-refractivity contribution in [1.82, 2.24) is 15.0 Å². The molecule has 3 heterocycles. The fourth-order valence-electron chi connectivity index (χ4n) is 2.16. The van der Waals surface area contributed by atoms with Gasteiger partial charge in [-0.2, -0.15) is 4.98 Å². The average molecular weight is 233 g/mol. The Hall–Kier alpha value is -1.62. The third kappa shape index (κ3) is 1.86. The van der Waals surface area contributed by atoms with Crippen molar-refractivity contribution in [1.29, 1.82) is 0 Å². The second kappa shape index (κ2) is 4.00. The standard InChI is InChI=1S/C12H15N3O2/c1-7-3-5-9(17-7)12-13-8-4-6-10(16-2)14-11(8)15-12/h4,6-7,9H,3,5H2,1-2H3,(H,13,14,15). The van der Waals surface area contributed by atoms with Crippen molar-refractivity contribution in [2.75, 3.05) is 7.11 Å². The summed E-state index contributed by atoms with van der Waals surface area (Å²) in [5, 5.41) is 0. The fraction of sp³-hybridized carbons (Fsp3) is 0.500. The maximum Gasteiger partial charge on any atom is 0.215 e. The molecule has 0 aromatic carbocycles. The van der Waals surface area contributed by atoms with Crippen LogP contribution in [0.2, 0.25) is 0 Å². The normalized spacial score (nSPS) is 24.4. The van der Waals surface area contributed by atoms with Crippen molar-refractivity contribution < 1.29 is 9.47 Å². The second-order valence-electron chi connectivity index (χ2n) is 4.36. The van der Waals surface area contributed by atoms with Gasteiger partial charge in [-0.15, -0.1) is 0 Å². The summed E-state index contributed by atoms with van der Waals surface area (Å²) in [5.41, 5.74) is 1.60. The lowest BCUT2D eigenvalue weighted by atomic mass is 10.2. The van der Waals surface area contributed by atoms with E-state index >= 15 is 0 Å². The molecule has 1 saturated heterocycles. The summed E-state index contributed by atoms with van der Waals surface area (Å²) in [5.74, 6) is 1.45. The van der Waals surface area contributed by atoms with E-state index in [-0.39, 0.29) is 6.10 Å². The van der Waals surface area contributed by atoms with Crippen LogP contribution in [0.15, 0.2) is 12.1 Å². The minimum absolute atomic E-state index is 0.0743. The zero-order valence-electron chi connectivity index (χ0n) is 9.93. The van der Waals surface area contributed by atoms with Gasteiger partial charge >= 0.3 is 0 Å². The van der Waals surface area contributed by atoms with Crippen LogP contribution in [0.25, 0.3) is 11.2 Å². The van der Waals surface area contributed by atoms with Crippen LogP contribution in [0.1, 0.15) is 31.7 Å². The molecule has 0 bridgehead atoms. The van der Waals surface area contributed by atoms with Crippen LogP contribution in [-0.4, -0.2) is 28.2 Å². The van der Waals surface area contributed by atoms with Gasteiger partial charge in [0.25, 0.3) is 0 Å². The summed E-state index contributed by atoms with van der Waals surface area (Å²) in [6, 6.07) is 3.75. The Bertz CT molecular complexity index is 538. The molecule has 2 atom stereocenters. The highest BCUT2D eigenvalue weighted by Crippen LogP contribution is 2.31. The van der Waals surface area contributed by atoms with Crippen LogP contribution in [0, 0.1) is 0 Å². The van der Waals surface area contributed by atoms with Gasteiger partial charge in [-0.3, -0.25) is 0 Å². The molecule has 0 aliphatic carbocycles. The predicted molar refractivity (Wildman–Crippen MR) is 63.0 cm³/mol. The molecule has 2 unspecified atom stereocenters. The molecule has 0 radical (unpaired) electrons. The van der Waals surface area contributed by atoms with Crippen molar-refractivity contribution in [3.63, 3.8) is 0 Å². The van der Waals surface area contributed by atoms with Gasteiger partial charge in [0.1, 0.15) is 11.9 Å². The van der Waals surface area contributed by atoms with E-state index in [4.69, 9.17) is 9.47 Å². The number of pyridine rings is 1. The molecular formula is C12H15N3O2. The Morgan fingerprint density at radius 2 is 2.24 bits per heavy atom. The van der Waals surface area contributed by atoms with E-state index in [1.165, 1.54) is 0 Å². The Kier molecular flexibility index (Phi) is 2.48. The van der Waals surface area contributed by atoms with Gasteiger partial charge in [-0.25, -0.2) is 4.98 Å². The van der Waals surface area contributed by atoms with Crippen LogP contribution in [0.3, 0.4) is 0 Å². The van der Waals surface area contributed by atoms with E-state index in [1.807, 2.05) is 12.1 Å². The number of aromatic nitrogens is 3. The van der Waals surface area contributed by atoms with Gasteiger partial charge in [0.05, 0.1) is 18.7 Å². The van der Waals surface area contributed by atoms with Crippen LogP contribution in [-0.2, 0) is 4.74 Å². The number of imidazole rings is 1. The lowest BCUT2D eigenvalue weighted by molar-refractivity contribution is 0.0510. The molecule has 1 aliphatic heterocycles. The van der Waals surface area contributed by atoms with E-state index in [0.717, 1.165) is 24.2 Å². The number of ether oxygens (including phenoxy) is 2. The molecule has 3 rings (SSSR count). The van der Waals surface area contributed by atoms with E-state index in [9.17, 15) is 0 Å².